The minimum atomic E-state index is 0.0668. The Balaban J connectivity index is 2.07. The van der Waals surface area contributed by atoms with E-state index in [-0.39, 0.29) is 6.23 Å². The van der Waals surface area contributed by atoms with E-state index in [1.165, 1.54) is 6.42 Å². The molecule has 0 aliphatic carbocycles. The van der Waals surface area contributed by atoms with E-state index >= 15 is 0 Å². The second-order valence-electron chi connectivity index (χ2n) is 4.68. The third kappa shape index (κ3) is 2.06. The lowest BCUT2D eigenvalue weighted by Gasteiger charge is -2.22. The molecular formula is C13H14BrClN2O. The van der Waals surface area contributed by atoms with Crippen LogP contribution in [0.25, 0.3) is 10.9 Å². The molecule has 1 fully saturated rings. The first-order valence-electron chi connectivity index (χ1n) is 6.12. The van der Waals surface area contributed by atoms with Crippen LogP contribution in [0.3, 0.4) is 0 Å². The largest absolute Gasteiger partial charge is 0.357 e. The highest BCUT2D eigenvalue weighted by molar-refractivity contribution is 9.10. The Morgan fingerprint density at radius 2 is 2.33 bits per heavy atom. The van der Waals surface area contributed by atoms with Crippen molar-refractivity contribution < 1.29 is 4.74 Å². The number of fused-ring (bicyclic) bond motifs is 1. The van der Waals surface area contributed by atoms with Gasteiger partial charge in [-0.15, -0.1) is 0 Å². The summed E-state index contributed by atoms with van der Waals surface area (Å²) in [7, 11) is 0. The minimum absolute atomic E-state index is 0.0668. The number of rotatable bonds is 1. The summed E-state index contributed by atoms with van der Waals surface area (Å²) in [5.74, 6) is 0. The molecule has 0 saturated carbocycles. The molecule has 3 nitrogen and oxygen atoms in total. The summed E-state index contributed by atoms with van der Waals surface area (Å²) < 4.78 is 8.58. The number of halogens is 2. The van der Waals surface area contributed by atoms with Crippen LogP contribution in [0.15, 0.2) is 16.7 Å². The van der Waals surface area contributed by atoms with Gasteiger partial charge in [0.25, 0.3) is 0 Å². The molecule has 0 bridgehead atoms. The van der Waals surface area contributed by atoms with Gasteiger partial charge >= 0.3 is 0 Å². The molecule has 0 radical (unpaired) electrons. The Morgan fingerprint density at radius 1 is 1.50 bits per heavy atom. The number of aromatic nitrogens is 2. The van der Waals surface area contributed by atoms with Gasteiger partial charge in [0.15, 0.2) is 0 Å². The second-order valence-corrected chi connectivity index (χ2v) is 5.86. The van der Waals surface area contributed by atoms with E-state index in [1.807, 2.05) is 23.9 Å². The normalized spacial score (nSPS) is 20.5. The third-order valence-electron chi connectivity index (χ3n) is 3.34. The quantitative estimate of drug-likeness (QED) is 0.772. The Labute approximate surface area is 119 Å². The first kappa shape index (κ1) is 12.5. The molecule has 1 aliphatic rings. The van der Waals surface area contributed by atoms with Crippen LogP contribution in [0.2, 0.25) is 5.02 Å². The van der Waals surface area contributed by atoms with Crippen molar-refractivity contribution in [2.45, 2.75) is 32.4 Å². The zero-order valence-corrected chi connectivity index (χ0v) is 12.5. The number of hydrogen-bond acceptors (Lipinski definition) is 2. The molecule has 1 aromatic heterocycles. The number of aryl methyl sites for hydroxylation is 1. The van der Waals surface area contributed by atoms with Gasteiger partial charge in [-0.3, -0.25) is 0 Å². The third-order valence-corrected chi connectivity index (χ3v) is 4.88. The summed E-state index contributed by atoms with van der Waals surface area (Å²) in [6, 6.07) is 2.02. The van der Waals surface area contributed by atoms with E-state index in [2.05, 4.69) is 21.0 Å². The van der Waals surface area contributed by atoms with E-state index in [0.29, 0.717) is 0 Å². The van der Waals surface area contributed by atoms with Gasteiger partial charge in [-0.25, -0.2) is 4.68 Å². The van der Waals surface area contributed by atoms with Crippen LogP contribution >= 0.6 is 27.5 Å². The molecule has 0 N–H and O–H groups in total. The summed E-state index contributed by atoms with van der Waals surface area (Å²) in [5, 5.41) is 6.40. The SMILES string of the molecule is Cc1cc2nn(C3CCCCO3)cc2c(Br)c1Cl. The molecule has 5 heteroatoms. The molecular weight excluding hydrogens is 316 g/mol. The van der Waals surface area contributed by atoms with E-state index < -0.39 is 0 Å². The number of nitrogens with zero attached hydrogens (tertiary/aromatic N) is 2. The van der Waals surface area contributed by atoms with E-state index in [1.54, 1.807) is 0 Å². The molecule has 18 heavy (non-hydrogen) atoms. The molecule has 0 spiro atoms. The lowest BCUT2D eigenvalue weighted by molar-refractivity contribution is -0.0390. The lowest BCUT2D eigenvalue weighted by Crippen LogP contribution is -2.18. The monoisotopic (exact) mass is 328 g/mol. The van der Waals surface area contributed by atoms with Crippen molar-refractivity contribution in [3.05, 3.63) is 27.3 Å². The molecule has 0 amide bonds. The van der Waals surface area contributed by atoms with Gasteiger partial charge in [-0.05, 0) is 53.7 Å². The van der Waals surface area contributed by atoms with Crippen molar-refractivity contribution in [3.63, 3.8) is 0 Å². The Kier molecular flexibility index (Phi) is 3.34. The molecule has 3 rings (SSSR count). The van der Waals surface area contributed by atoms with Gasteiger partial charge in [0.1, 0.15) is 6.23 Å². The van der Waals surface area contributed by atoms with Crippen LogP contribution in [0.5, 0.6) is 0 Å². The molecule has 1 unspecified atom stereocenters. The zero-order valence-electron chi connectivity index (χ0n) is 10.1. The number of hydrogen-bond donors (Lipinski definition) is 0. The highest BCUT2D eigenvalue weighted by atomic mass is 79.9. The van der Waals surface area contributed by atoms with Crippen LogP contribution in [0, 0.1) is 6.92 Å². The van der Waals surface area contributed by atoms with E-state index in [0.717, 1.165) is 45.4 Å². The highest BCUT2D eigenvalue weighted by Gasteiger charge is 2.18. The van der Waals surface area contributed by atoms with Crippen LogP contribution in [-0.2, 0) is 4.74 Å². The fourth-order valence-corrected chi connectivity index (χ4v) is 3.10. The van der Waals surface area contributed by atoms with Crippen molar-refractivity contribution in [3.8, 4) is 0 Å². The molecule has 2 heterocycles. The summed E-state index contributed by atoms with van der Waals surface area (Å²) in [5.41, 5.74) is 1.99. The topological polar surface area (TPSA) is 27.1 Å². The van der Waals surface area contributed by atoms with Crippen molar-refractivity contribution in [2.24, 2.45) is 0 Å². The van der Waals surface area contributed by atoms with Crippen LogP contribution in [-0.4, -0.2) is 16.4 Å². The Morgan fingerprint density at radius 3 is 3.06 bits per heavy atom. The molecule has 96 valence electrons. The standard InChI is InChI=1S/C13H14BrClN2O/c1-8-6-10-9(12(14)13(8)15)7-17(16-10)11-4-2-3-5-18-11/h6-7,11H,2-5H2,1H3. The van der Waals surface area contributed by atoms with Gasteiger partial charge < -0.3 is 4.74 Å². The fourth-order valence-electron chi connectivity index (χ4n) is 2.32. The zero-order chi connectivity index (χ0) is 12.7. The van der Waals surface area contributed by atoms with Crippen molar-refractivity contribution in [1.82, 2.24) is 9.78 Å². The summed E-state index contributed by atoms with van der Waals surface area (Å²) >= 11 is 9.78. The summed E-state index contributed by atoms with van der Waals surface area (Å²) in [6.45, 7) is 2.81. The van der Waals surface area contributed by atoms with E-state index in [9.17, 15) is 0 Å². The molecule has 1 atom stereocenters. The van der Waals surface area contributed by atoms with Gasteiger partial charge in [0, 0.05) is 22.7 Å². The highest BCUT2D eigenvalue weighted by Crippen LogP contribution is 2.34. The fraction of sp³-hybridized carbons (Fsp3) is 0.462. The second kappa shape index (κ2) is 4.83. The van der Waals surface area contributed by atoms with Gasteiger partial charge in [0.2, 0.25) is 0 Å². The Hall–Kier alpha value is -0.580. The van der Waals surface area contributed by atoms with E-state index in [4.69, 9.17) is 16.3 Å². The van der Waals surface area contributed by atoms with Crippen LogP contribution in [0.4, 0.5) is 0 Å². The predicted octanol–water partition coefficient (Wildman–Crippen LogP) is 4.46. The predicted molar refractivity (Wildman–Crippen MR) is 76.0 cm³/mol. The summed E-state index contributed by atoms with van der Waals surface area (Å²) in [4.78, 5) is 0. The summed E-state index contributed by atoms with van der Waals surface area (Å²) in [6.07, 6.45) is 5.45. The van der Waals surface area contributed by atoms with Crippen molar-refractivity contribution in [1.29, 1.82) is 0 Å². The number of ether oxygens (including phenoxy) is 1. The molecule has 2 aromatic rings. The average Bonchev–Trinajstić information content (AvgIpc) is 2.81. The number of benzene rings is 1. The maximum Gasteiger partial charge on any atom is 0.150 e. The van der Waals surface area contributed by atoms with Crippen LogP contribution < -0.4 is 0 Å². The van der Waals surface area contributed by atoms with Gasteiger partial charge in [-0.2, -0.15) is 5.10 Å². The van der Waals surface area contributed by atoms with Gasteiger partial charge in [0.05, 0.1) is 10.5 Å². The van der Waals surface area contributed by atoms with Crippen molar-refractivity contribution >= 4 is 38.4 Å². The maximum absolute atomic E-state index is 6.24. The maximum atomic E-state index is 6.24. The molecule has 1 aliphatic heterocycles. The molecule has 1 saturated heterocycles. The first-order chi connectivity index (χ1) is 8.66. The first-order valence-corrected chi connectivity index (χ1v) is 7.29. The smallest absolute Gasteiger partial charge is 0.150 e. The Bertz CT molecular complexity index is 590. The van der Waals surface area contributed by atoms with Crippen molar-refractivity contribution in [2.75, 3.05) is 6.61 Å². The minimum Gasteiger partial charge on any atom is -0.357 e. The van der Waals surface area contributed by atoms with Crippen LogP contribution in [0.1, 0.15) is 31.1 Å². The average molecular weight is 330 g/mol. The lowest BCUT2D eigenvalue weighted by atomic mass is 10.2. The molecule has 1 aromatic carbocycles. The van der Waals surface area contributed by atoms with Gasteiger partial charge in [-0.1, -0.05) is 11.6 Å².